The molecule has 5 aliphatic carbocycles. The van der Waals surface area contributed by atoms with Gasteiger partial charge in [0.2, 0.25) is 11.8 Å². The van der Waals surface area contributed by atoms with E-state index in [-0.39, 0.29) is 44.8 Å². The van der Waals surface area contributed by atoms with Gasteiger partial charge in [0, 0.05) is 32.6 Å². The van der Waals surface area contributed by atoms with Crippen molar-refractivity contribution in [1.29, 1.82) is 0 Å². The summed E-state index contributed by atoms with van der Waals surface area (Å²) in [5.41, 5.74) is 0.845. The van der Waals surface area contributed by atoms with Crippen LogP contribution in [0.25, 0.3) is 0 Å². The van der Waals surface area contributed by atoms with Crippen LogP contribution < -0.4 is 10.6 Å². The third-order valence-electron chi connectivity index (χ3n) is 18.1. The molecule has 7 heteroatoms. The molecule has 0 radical (unpaired) electrons. The smallest absolute Gasteiger partial charge is 0.226 e. The highest BCUT2D eigenvalue weighted by Crippen LogP contribution is 2.75. The number of amides is 2. The van der Waals surface area contributed by atoms with Gasteiger partial charge >= 0.3 is 0 Å². The van der Waals surface area contributed by atoms with E-state index in [4.69, 9.17) is 0 Å². The highest BCUT2D eigenvalue weighted by atomic mass is 16.3. The van der Waals surface area contributed by atoms with Gasteiger partial charge in [-0.25, -0.2) is 0 Å². The fraction of sp³-hybridized carbons (Fsp3) is 0.719. The summed E-state index contributed by atoms with van der Waals surface area (Å²) in [4.78, 5) is 29.4. The van der Waals surface area contributed by atoms with Crippen molar-refractivity contribution >= 4 is 11.8 Å². The van der Waals surface area contributed by atoms with Gasteiger partial charge in [-0.3, -0.25) is 9.59 Å². The highest BCUT2D eigenvalue weighted by molar-refractivity contribution is 5.84. The van der Waals surface area contributed by atoms with Crippen LogP contribution >= 0.6 is 0 Å². The first-order chi connectivity index (χ1) is 30.5. The first kappa shape index (κ1) is 52.0. The number of carbonyl (C=O) groups is 2. The number of fused-ring (bicyclic) bond motifs is 7. The quantitative estimate of drug-likeness (QED) is 0.0860. The summed E-state index contributed by atoms with van der Waals surface area (Å²) in [6.45, 7) is 21.6. The standard InChI is InChI=1S/C57H91N3O4/c1-10-11-12-13-14-15-16-17-18-19-20-21-22-23-24-25-26-27-28-29-49(62)58-38-40-60(9)41-39-59-52(64)57-35-32-43(2)44(3)50(57)45-30-31-48-54(6)42-46(61)51(63)53(4,5)47(54)33-34-56(48,8)55(45,7)36-37-57/h11-12,14-15,17-18,20-21,23-24,26-27,30,43-44,46-48,50-51,61,63H,10,13,16,19,22,25,28-29,31-42H2,1-9H3,(H,58,62)(H,59,64)/b12-11-,15-14-,18-17-,21-20-,24-23-,27-26-/t43-,44+,46-,47+,48-,50+,51+,54+,55-,56-,57+/m1/s1. The van der Waals surface area contributed by atoms with Crippen molar-refractivity contribution in [3.05, 3.63) is 84.6 Å². The zero-order valence-electron chi connectivity index (χ0n) is 41.8. The fourth-order valence-corrected chi connectivity index (χ4v) is 14.0. The van der Waals surface area contributed by atoms with E-state index in [2.05, 4.69) is 157 Å². The largest absolute Gasteiger partial charge is 0.390 e. The third kappa shape index (κ3) is 11.4. The van der Waals surface area contributed by atoms with Crippen LogP contribution in [0.5, 0.6) is 0 Å². The number of hydrogen-bond donors (Lipinski definition) is 4. The number of aliphatic hydroxyl groups excluding tert-OH is 2. The second kappa shape index (κ2) is 23.1. The molecule has 0 bridgehead atoms. The first-order valence-corrected chi connectivity index (χ1v) is 25.7. The average Bonchev–Trinajstić information content (AvgIpc) is 3.25. The molecule has 0 aromatic rings. The predicted molar refractivity (Wildman–Crippen MR) is 267 cm³/mol. The van der Waals surface area contributed by atoms with Crippen LogP contribution in [0.2, 0.25) is 0 Å². The maximum absolute atomic E-state index is 14.6. The summed E-state index contributed by atoms with van der Waals surface area (Å²) < 4.78 is 0. The molecule has 0 spiro atoms. The van der Waals surface area contributed by atoms with E-state index < -0.39 is 12.2 Å². The number of nitrogens with zero attached hydrogens (tertiary/aromatic N) is 1. The van der Waals surface area contributed by atoms with Crippen LogP contribution in [0.4, 0.5) is 0 Å². The minimum Gasteiger partial charge on any atom is -0.390 e. The second-order valence-electron chi connectivity index (χ2n) is 22.2. The molecule has 4 saturated carbocycles. The fourth-order valence-electron chi connectivity index (χ4n) is 14.0. The Bertz CT molecular complexity index is 1760. The normalized spacial score (nSPS) is 36.2. The second-order valence-corrected chi connectivity index (χ2v) is 22.2. The van der Waals surface area contributed by atoms with Gasteiger partial charge < -0.3 is 25.7 Å². The number of rotatable bonds is 21. The van der Waals surface area contributed by atoms with Gasteiger partial charge in [0.1, 0.15) is 0 Å². The summed E-state index contributed by atoms with van der Waals surface area (Å²) in [6.07, 6.45) is 42.5. The maximum atomic E-state index is 14.6. The van der Waals surface area contributed by atoms with Crippen molar-refractivity contribution in [2.24, 2.45) is 56.7 Å². The zero-order valence-corrected chi connectivity index (χ0v) is 41.8. The van der Waals surface area contributed by atoms with Gasteiger partial charge in [-0.1, -0.05) is 140 Å². The zero-order chi connectivity index (χ0) is 46.6. The third-order valence-corrected chi connectivity index (χ3v) is 18.1. The van der Waals surface area contributed by atoms with Crippen molar-refractivity contribution in [2.75, 3.05) is 33.2 Å². The molecular formula is C57H91N3O4. The van der Waals surface area contributed by atoms with E-state index in [0.717, 1.165) is 103 Å². The lowest BCUT2D eigenvalue weighted by molar-refractivity contribution is -0.231. The van der Waals surface area contributed by atoms with Crippen LogP contribution in [0, 0.1) is 56.7 Å². The molecule has 4 N–H and O–H groups in total. The molecule has 64 heavy (non-hydrogen) atoms. The Balaban J connectivity index is 1.03. The number of hydrogen-bond acceptors (Lipinski definition) is 5. The minimum atomic E-state index is -0.693. The molecule has 7 nitrogen and oxygen atoms in total. The van der Waals surface area contributed by atoms with Crippen LogP contribution in [-0.2, 0) is 9.59 Å². The van der Waals surface area contributed by atoms with Crippen LogP contribution in [-0.4, -0.2) is 72.4 Å². The number of nitrogens with one attached hydrogen (secondary N) is 2. The molecule has 5 rings (SSSR count). The van der Waals surface area contributed by atoms with E-state index in [0.29, 0.717) is 49.6 Å². The summed E-state index contributed by atoms with van der Waals surface area (Å²) in [5, 5.41) is 28.9. The van der Waals surface area contributed by atoms with Crippen molar-refractivity contribution in [2.45, 2.75) is 170 Å². The maximum Gasteiger partial charge on any atom is 0.226 e. The van der Waals surface area contributed by atoms with Crippen LogP contribution in [0.1, 0.15) is 158 Å². The Morgan fingerprint density at radius 3 is 1.89 bits per heavy atom. The van der Waals surface area contributed by atoms with Gasteiger partial charge in [0.05, 0.1) is 17.6 Å². The summed E-state index contributed by atoms with van der Waals surface area (Å²) in [5.74, 6) is 2.33. The molecular weight excluding hydrogens is 791 g/mol. The van der Waals surface area contributed by atoms with Gasteiger partial charge in [-0.15, -0.1) is 0 Å². The van der Waals surface area contributed by atoms with Crippen LogP contribution in [0.3, 0.4) is 0 Å². The SMILES string of the molecule is CC/C=C\C/C=C\C/C=C\C/C=C\C/C=C\C/C=C\CCC(=O)NCCN(C)CCNC(=O)[C@]12CC[C@@H](C)[C@H](C)[C@H]1C1=CC[C@@H]3[C@@]4(C)C[C@@H](O)[C@H](O)C(C)(C)[C@@H]4CC[C@@]3(C)[C@]1(C)CC2. The molecule has 0 saturated heterocycles. The number of carbonyl (C=O) groups excluding carboxylic acids is 2. The van der Waals surface area contributed by atoms with Gasteiger partial charge in [0.15, 0.2) is 0 Å². The van der Waals surface area contributed by atoms with E-state index >= 15 is 0 Å². The lowest BCUT2D eigenvalue weighted by atomic mass is 9.33. The Kier molecular flexibility index (Phi) is 18.8. The summed E-state index contributed by atoms with van der Waals surface area (Å²) in [6, 6.07) is 0. The molecule has 358 valence electrons. The molecule has 4 fully saturated rings. The van der Waals surface area contributed by atoms with E-state index in [1.165, 1.54) is 0 Å². The molecule has 2 amide bonds. The molecule has 0 unspecified atom stereocenters. The predicted octanol–water partition coefficient (Wildman–Crippen LogP) is 11.6. The lowest BCUT2D eigenvalue weighted by Crippen LogP contribution is -2.67. The van der Waals surface area contributed by atoms with Crippen molar-refractivity contribution < 1.29 is 19.8 Å². The molecule has 0 aliphatic heterocycles. The average molecular weight is 882 g/mol. The molecule has 0 aromatic heterocycles. The Morgan fingerprint density at radius 2 is 1.30 bits per heavy atom. The van der Waals surface area contributed by atoms with Gasteiger partial charge in [-0.2, -0.15) is 0 Å². The van der Waals surface area contributed by atoms with Crippen molar-refractivity contribution in [3.63, 3.8) is 0 Å². The van der Waals surface area contributed by atoms with E-state index in [1.54, 1.807) is 5.57 Å². The number of likely N-dealkylation sites (N-methyl/N-ethyl adjacent to an activating group) is 1. The Labute approximate surface area is 390 Å². The molecule has 11 atom stereocenters. The minimum absolute atomic E-state index is 0.00730. The van der Waals surface area contributed by atoms with Gasteiger partial charge in [0.25, 0.3) is 0 Å². The van der Waals surface area contributed by atoms with Gasteiger partial charge in [-0.05, 0) is 155 Å². The highest BCUT2D eigenvalue weighted by Gasteiger charge is 2.70. The van der Waals surface area contributed by atoms with Crippen molar-refractivity contribution in [3.8, 4) is 0 Å². The monoisotopic (exact) mass is 882 g/mol. The van der Waals surface area contributed by atoms with Crippen molar-refractivity contribution in [1.82, 2.24) is 15.5 Å². The first-order valence-electron chi connectivity index (χ1n) is 25.7. The van der Waals surface area contributed by atoms with E-state index in [9.17, 15) is 19.8 Å². The van der Waals surface area contributed by atoms with E-state index in [1.807, 2.05) is 0 Å². The summed E-state index contributed by atoms with van der Waals surface area (Å²) >= 11 is 0. The Morgan fingerprint density at radius 1 is 0.734 bits per heavy atom. The lowest BCUT2D eigenvalue weighted by Gasteiger charge is -2.71. The number of allylic oxidation sites excluding steroid dienone is 14. The number of aliphatic hydroxyl groups is 2. The molecule has 5 aliphatic rings. The molecule has 0 heterocycles. The van der Waals surface area contributed by atoms with Crippen LogP contribution in [0.15, 0.2) is 84.6 Å². The topological polar surface area (TPSA) is 102 Å². The Hall–Kier alpha value is -3.00. The molecule has 0 aromatic carbocycles. The summed E-state index contributed by atoms with van der Waals surface area (Å²) in [7, 11) is 2.07.